The first kappa shape index (κ1) is 16.0. The van der Waals surface area contributed by atoms with Gasteiger partial charge >= 0.3 is 0 Å². The minimum Gasteiger partial charge on any atom is -0.394 e. The summed E-state index contributed by atoms with van der Waals surface area (Å²) in [5, 5.41) is 22.9. The van der Waals surface area contributed by atoms with E-state index in [4.69, 9.17) is 5.11 Å². The van der Waals surface area contributed by atoms with Crippen molar-refractivity contribution < 1.29 is 14.3 Å². The highest BCUT2D eigenvalue weighted by atomic mass is 19.1. The molecule has 0 saturated heterocycles. The third-order valence-electron chi connectivity index (χ3n) is 3.24. The Morgan fingerprint density at radius 3 is 2.86 bits per heavy atom. The Bertz CT molecular complexity index is 646. The molecular weight excluding hydrogens is 289 g/mol. The fraction of sp³-hybridized carbons (Fsp3) is 0.429. The number of aromatic nitrogens is 4. The van der Waals surface area contributed by atoms with Gasteiger partial charge in [0.1, 0.15) is 17.7 Å². The van der Waals surface area contributed by atoms with Gasteiger partial charge in [0.2, 0.25) is 5.91 Å². The smallest absolute Gasteiger partial charge is 0.245 e. The molecule has 22 heavy (non-hydrogen) atoms. The minimum atomic E-state index is -0.717. The number of tetrazole rings is 1. The number of carbonyl (C=O) groups excluding carboxylic acids is 1. The fourth-order valence-electron chi connectivity index (χ4n) is 2.09. The highest BCUT2D eigenvalue weighted by Gasteiger charge is 2.25. The number of hydrogen-bond donors (Lipinski definition) is 2. The van der Waals surface area contributed by atoms with Crippen LogP contribution >= 0.6 is 0 Å². The van der Waals surface area contributed by atoms with Crippen LogP contribution < -0.4 is 5.32 Å². The zero-order chi connectivity index (χ0) is 16.1. The standard InChI is InChI=1S/C14H18FN5O2/c1-9(8-21)16-14(22)13(20-10(2)17-18-19-20)7-11-4-3-5-12(15)6-11/h3-6,9,13,21H,7-8H2,1-2H3,(H,16,22). The molecule has 1 aromatic heterocycles. The molecule has 7 nitrogen and oxygen atoms in total. The first-order valence-corrected chi connectivity index (χ1v) is 6.91. The van der Waals surface area contributed by atoms with Crippen molar-refractivity contribution in [2.24, 2.45) is 0 Å². The van der Waals surface area contributed by atoms with Gasteiger partial charge < -0.3 is 10.4 Å². The van der Waals surface area contributed by atoms with Crippen LogP contribution in [0.2, 0.25) is 0 Å². The molecule has 0 aliphatic carbocycles. The Morgan fingerprint density at radius 2 is 2.27 bits per heavy atom. The number of halogens is 1. The lowest BCUT2D eigenvalue weighted by molar-refractivity contribution is -0.125. The summed E-state index contributed by atoms with van der Waals surface area (Å²) in [7, 11) is 0. The predicted octanol–water partition coefficient (Wildman–Crippen LogP) is 0.401. The molecule has 2 aromatic rings. The average Bonchev–Trinajstić information content (AvgIpc) is 2.90. The van der Waals surface area contributed by atoms with Gasteiger partial charge in [-0.2, -0.15) is 0 Å². The normalized spacial score (nSPS) is 13.6. The number of amides is 1. The second-order valence-electron chi connectivity index (χ2n) is 5.11. The number of carbonyl (C=O) groups is 1. The van der Waals surface area contributed by atoms with Crippen LogP contribution in [0.1, 0.15) is 24.4 Å². The number of aliphatic hydroxyl groups excluding tert-OH is 1. The Balaban J connectivity index is 2.26. The molecule has 0 aliphatic heterocycles. The Kier molecular flexibility index (Phi) is 5.16. The molecule has 0 fully saturated rings. The van der Waals surface area contributed by atoms with Crippen molar-refractivity contribution in [1.82, 2.24) is 25.5 Å². The van der Waals surface area contributed by atoms with Crippen LogP contribution in [0, 0.1) is 12.7 Å². The maximum Gasteiger partial charge on any atom is 0.245 e. The van der Waals surface area contributed by atoms with E-state index in [9.17, 15) is 9.18 Å². The van der Waals surface area contributed by atoms with Crippen LogP contribution in [0.4, 0.5) is 4.39 Å². The van der Waals surface area contributed by atoms with Crippen LogP contribution in [-0.2, 0) is 11.2 Å². The largest absolute Gasteiger partial charge is 0.394 e. The minimum absolute atomic E-state index is 0.174. The van der Waals surface area contributed by atoms with Crippen molar-refractivity contribution in [3.05, 3.63) is 41.5 Å². The summed E-state index contributed by atoms with van der Waals surface area (Å²) in [6.07, 6.45) is 0.244. The van der Waals surface area contributed by atoms with Crippen LogP contribution in [0.15, 0.2) is 24.3 Å². The van der Waals surface area contributed by atoms with Gasteiger partial charge in [0.25, 0.3) is 0 Å². The first-order chi connectivity index (χ1) is 10.5. The Hall–Kier alpha value is -2.35. The van der Waals surface area contributed by atoms with E-state index in [0.717, 1.165) is 0 Å². The van der Waals surface area contributed by atoms with E-state index in [1.807, 2.05) is 0 Å². The monoisotopic (exact) mass is 307 g/mol. The Morgan fingerprint density at radius 1 is 1.50 bits per heavy atom. The third-order valence-corrected chi connectivity index (χ3v) is 3.24. The molecule has 1 amide bonds. The highest BCUT2D eigenvalue weighted by Crippen LogP contribution is 2.16. The summed E-state index contributed by atoms with van der Waals surface area (Å²) < 4.78 is 14.7. The molecule has 1 aromatic carbocycles. The number of rotatable bonds is 6. The van der Waals surface area contributed by atoms with Gasteiger partial charge in [-0.25, -0.2) is 9.07 Å². The second kappa shape index (κ2) is 7.08. The molecule has 0 aliphatic rings. The molecule has 8 heteroatoms. The van der Waals surface area contributed by atoms with Crippen LogP contribution in [0.3, 0.4) is 0 Å². The van der Waals surface area contributed by atoms with Crippen molar-refractivity contribution in [2.45, 2.75) is 32.4 Å². The number of hydrogen-bond acceptors (Lipinski definition) is 5. The zero-order valence-corrected chi connectivity index (χ0v) is 12.4. The molecule has 0 bridgehead atoms. The van der Waals surface area contributed by atoms with E-state index in [1.165, 1.54) is 16.8 Å². The summed E-state index contributed by atoms with van der Waals surface area (Å²) in [5.41, 5.74) is 0.659. The molecule has 2 atom stereocenters. The third kappa shape index (κ3) is 3.85. The summed E-state index contributed by atoms with van der Waals surface area (Å²) in [6, 6.07) is 4.93. The van der Waals surface area contributed by atoms with Gasteiger partial charge in [-0.3, -0.25) is 4.79 Å². The molecule has 1 heterocycles. The van der Waals surface area contributed by atoms with Gasteiger partial charge in [0.15, 0.2) is 0 Å². The Labute approximate surface area is 127 Å². The maximum absolute atomic E-state index is 13.3. The molecule has 118 valence electrons. The van der Waals surface area contributed by atoms with Gasteiger partial charge in [0, 0.05) is 12.5 Å². The van der Waals surface area contributed by atoms with Gasteiger partial charge in [0.05, 0.1) is 6.61 Å². The van der Waals surface area contributed by atoms with E-state index >= 15 is 0 Å². The number of nitrogens with one attached hydrogen (secondary N) is 1. The molecule has 2 N–H and O–H groups in total. The lowest BCUT2D eigenvalue weighted by atomic mass is 10.0. The van der Waals surface area contributed by atoms with E-state index in [-0.39, 0.29) is 30.8 Å². The van der Waals surface area contributed by atoms with Crippen molar-refractivity contribution in [3.63, 3.8) is 0 Å². The van der Waals surface area contributed by atoms with Crippen LogP contribution in [-0.4, -0.2) is 43.9 Å². The second-order valence-corrected chi connectivity index (χ2v) is 5.11. The molecular formula is C14H18FN5O2. The maximum atomic E-state index is 13.3. The van der Waals surface area contributed by atoms with Crippen LogP contribution in [0.5, 0.6) is 0 Å². The lowest BCUT2D eigenvalue weighted by Crippen LogP contribution is -2.41. The predicted molar refractivity (Wildman–Crippen MR) is 76.4 cm³/mol. The van der Waals surface area contributed by atoms with Crippen molar-refractivity contribution >= 4 is 5.91 Å². The van der Waals surface area contributed by atoms with E-state index in [2.05, 4.69) is 20.8 Å². The van der Waals surface area contributed by atoms with E-state index in [0.29, 0.717) is 11.4 Å². The van der Waals surface area contributed by atoms with Gasteiger partial charge in [-0.05, 0) is 42.0 Å². The van der Waals surface area contributed by atoms with Gasteiger partial charge in [-0.15, -0.1) is 5.10 Å². The topological polar surface area (TPSA) is 92.9 Å². The number of benzene rings is 1. The molecule has 2 rings (SSSR count). The quantitative estimate of drug-likeness (QED) is 0.806. The summed E-state index contributed by atoms with van der Waals surface area (Å²) in [4.78, 5) is 12.4. The van der Waals surface area contributed by atoms with Crippen molar-refractivity contribution in [3.8, 4) is 0 Å². The summed E-state index contributed by atoms with van der Waals surface area (Å²) >= 11 is 0. The van der Waals surface area contributed by atoms with Crippen LogP contribution in [0.25, 0.3) is 0 Å². The first-order valence-electron chi connectivity index (χ1n) is 6.91. The average molecular weight is 307 g/mol. The highest BCUT2D eigenvalue weighted by molar-refractivity contribution is 5.80. The van der Waals surface area contributed by atoms with E-state index < -0.39 is 6.04 Å². The SMILES string of the molecule is Cc1nnnn1C(Cc1cccc(F)c1)C(=O)NC(C)CO. The lowest BCUT2D eigenvalue weighted by Gasteiger charge is -2.20. The van der Waals surface area contributed by atoms with Crippen molar-refractivity contribution in [2.75, 3.05) is 6.61 Å². The summed E-state index contributed by atoms with van der Waals surface area (Å²) in [5.74, 6) is -0.219. The number of nitrogens with zero attached hydrogens (tertiary/aromatic N) is 4. The number of aliphatic hydroxyl groups is 1. The molecule has 0 radical (unpaired) electrons. The summed E-state index contributed by atoms with van der Waals surface area (Å²) in [6.45, 7) is 3.19. The molecule has 2 unspecified atom stereocenters. The zero-order valence-electron chi connectivity index (χ0n) is 12.4. The fourth-order valence-corrected chi connectivity index (χ4v) is 2.09. The van der Waals surface area contributed by atoms with Crippen molar-refractivity contribution in [1.29, 1.82) is 0 Å². The van der Waals surface area contributed by atoms with E-state index in [1.54, 1.807) is 26.0 Å². The van der Waals surface area contributed by atoms with Gasteiger partial charge in [-0.1, -0.05) is 12.1 Å². The number of aryl methyl sites for hydroxylation is 1. The molecule has 0 spiro atoms. The molecule has 0 saturated carbocycles.